The van der Waals surface area contributed by atoms with Gasteiger partial charge < -0.3 is 10.6 Å². The number of rotatable bonds is 4. The van der Waals surface area contributed by atoms with Gasteiger partial charge in [-0.2, -0.15) is 0 Å². The summed E-state index contributed by atoms with van der Waals surface area (Å²) in [6, 6.07) is 12.2. The minimum absolute atomic E-state index is 0.0697. The van der Waals surface area contributed by atoms with Crippen molar-refractivity contribution in [2.75, 3.05) is 10.6 Å². The van der Waals surface area contributed by atoms with Gasteiger partial charge in [0.05, 0.1) is 0 Å². The molecule has 0 saturated heterocycles. The molecule has 3 rings (SSSR count). The van der Waals surface area contributed by atoms with E-state index in [0.717, 1.165) is 18.5 Å². The first-order valence-corrected chi connectivity index (χ1v) is 6.86. The van der Waals surface area contributed by atoms with Gasteiger partial charge in [0.25, 0.3) is 5.91 Å². The predicted molar refractivity (Wildman–Crippen MR) is 80.0 cm³/mol. The Balaban J connectivity index is 1.61. The van der Waals surface area contributed by atoms with Crippen LogP contribution in [-0.2, 0) is 4.79 Å². The Hall–Kier alpha value is -2.69. The van der Waals surface area contributed by atoms with Crippen LogP contribution in [0.15, 0.2) is 48.7 Å². The van der Waals surface area contributed by atoms with E-state index in [2.05, 4.69) is 15.6 Å². The number of pyridine rings is 1. The Morgan fingerprint density at radius 2 is 1.62 bits per heavy atom. The number of carbonyl (C=O) groups is 2. The van der Waals surface area contributed by atoms with Gasteiger partial charge in [-0.15, -0.1) is 0 Å². The van der Waals surface area contributed by atoms with Crippen molar-refractivity contribution in [1.82, 2.24) is 4.98 Å². The van der Waals surface area contributed by atoms with Crippen molar-refractivity contribution in [1.29, 1.82) is 0 Å². The van der Waals surface area contributed by atoms with Crippen LogP contribution in [0.2, 0.25) is 0 Å². The molecular weight excluding hydrogens is 266 g/mol. The normalized spacial score (nSPS) is 13.5. The molecule has 2 aromatic rings. The number of amides is 2. The second kappa shape index (κ2) is 5.75. The average molecular weight is 281 g/mol. The topological polar surface area (TPSA) is 71.1 Å². The molecule has 1 heterocycles. The van der Waals surface area contributed by atoms with Crippen LogP contribution >= 0.6 is 0 Å². The zero-order valence-electron chi connectivity index (χ0n) is 11.4. The lowest BCUT2D eigenvalue weighted by atomic mass is 10.2. The molecule has 2 amide bonds. The van der Waals surface area contributed by atoms with E-state index in [-0.39, 0.29) is 17.7 Å². The summed E-state index contributed by atoms with van der Waals surface area (Å²) in [5.41, 5.74) is 1.77. The van der Waals surface area contributed by atoms with Crippen LogP contribution in [0.3, 0.4) is 0 Å². The van der Waals surface area contributed by atoms with Gasteiger partial charge in [-0.1, -0.05) is 6.07 Å². The standard InChI is InChI=1S/C16H15N3O2/c20-15(11-4-5-11)18-12-6-8-13(9-7-12)19-16(21)14-3-1-2-10-17-14/h1-3,6-11H,4-5H2,(H,18,20)(H,19,21). The van der Waals surface area contributed by atoms with E-state index in [4.69, 9.17) is 0 Å². The lowest BCUT2D eigenvalue weighted by Gasteiger charge is -2.07. The van der Waals surface area contributed by atoms with Crippen LogP contribution < -0.4 is 10.6 Å². The molecule has 1 aliphatic rings. The van der Waals surface area contributed by atoms with Gasteiger partial charge in [0, 0.05) is 23.5 Å². The molecule has 0 aliphatic heterocycles. The molecular formula is C16H15N3O2. The highest BCUT2D eigenvalue weighted by molar-refractivity contribution is 6.03. The van der Waals surface area contributed by atoms with E-state index in [1.165, 1.54) is 0 Å². The third-order valence-electron chi connectivity index (χ3n) is 3.26. The maximum atomic E-state index is 11.9. The van der Waals surface area contributed by atoms with Crippen molar-refractivity contribution in [2.24, 2.45) is 5.92 Å². The SMILES string of the molecule is O=C(Nc1ccc(NC(=O)C2CC2)cc1)c1ccccn1. The highest BCUT2D eigenvalue weighted by Crippen LogP contribution is 2.30. The monoisotopic (exact) mass is 281 g/mol. The summed E-state index contributed by atoms with van der Waals surface area (Å²) >= 11 is 0. The van der Waals surface area contributed by atoms with Crippen molar-refractivity contribution < 1.29 is 9.59 Å². The van der Waals surface area contributed by atoms with E-state index in [1.54, 1.807) is 48.7 Å². The first-order chi connectivity index (χ1) is 10.2. The molecule has 2 N–H and O–H groups in total. The number of carbonyl (C=O) groups excluding carboxylic acids is 2. The molecule has 0 atom stereocenters. The maximum Gasteiger partial charge on any atom is 0.274 e. The molecule has 1 saturated carbocycles. The molecule has 0 bridgehead atoms. The molecule has 1 fully saturated rings. The molecule has 0 unspecified atom stereocenters. The van der Waals surface area contributed by atoms with Crippen LogP contribution in [0.1, 0.15) is 23.3 Å². The lowest BCUT2D eigenvalue weighted by Crippen LogP contribution is -2.14. The fraction of sp³-hybridized carbons (Fsp3) is 0.188. The minimum Gasteiger partial charge on any atom is -0.326 e. The highest BCUT2D eigenvalue weighted by Gasteiger charge is 2.29. The molecule has 5 heteroatoms. The van der Waals surface area contributed by atoms with Crippen molar-refractivity contribution in [2.45, 2.75) is 12.8 Å². The Bertz CT molecular complexity index is 649. The van der Waals surface area contributed by atoms with E-state index < -0.39 is 0 Å². The van der Waals surface area contributed by atoms with Gasteiger partial charge in [-0.25, -0.2) is 0 Å². The van der Waals surface area contributed by atoms with Crippen molar-refractivity contribution in [3.05, 3.63) is 54.4 Å². The zero-order valence-corrected chi connectivity index (χ0v) is 11.4. The third-order valence-corrected chi connectivity index (χ3v) is 3.26. The molecule has 0 spiro atoms. The van der Waals surface area contributed by atoms with Crippen LogP contribution in [0.4, 0.5) is 11.4 Å². The second-order valence-corrected chi connectivity index (χ2v) is 5.01. The molecule has 5 nitrogen and oxygen atoms in total. The molecule has 21 heavy (non-hydrogen) atoms. The summed E-state index contributed by atoms with van der Waals surface area (Å²) in [5, 5.41) is 5.61. The highest BCUT2D eigenvalue weighted by atomic mass is 16.2. The van der Waals surface area contributed by atoms with E-state index in [1.807, 2.05) is 0 Å². The number of nitrogens with one attached hydrogen (secondary N) is 2. The quantitative estimate of drug-likeness (QED) is 0.905. The van der Waals surface area contributed by atoms with Gasteiger partial charge in [0.15, 0.2) is 0 Å². The van der Waals surface area contributed by atoms with Crippen LogP contribution in [0.5, 0.6) is 0 Å². The molecule has 1 aliphatic carbocycles. The fourth-order valence-electron chi connectivity index (χ4n) is 1.92. The van der Waals surface area contributed by atoms with Crippen LogP contribution in [0.25, 0.3) is 0 Å². The number of hydrogen-bond acceptors (Lipinski definition) is 3. The van der Waals surface area contributed by atoms with Gasteiger partial charge in [0.2, 0.25) is 5.91 Å². The summed E-state index contributed by atoms with van der Waals surface area (Å²) in [6.45, 7) is 0. The molecule has 1 aromatic heterocycles. The number of aromatic nitrogens is 1. The summed E-state index contributed by atoms with van der Waals surface area (Å²) in [6.07, 6.45) is 3.53. The number of benzene rings is 1. The Morgan fingerprint density at radius 3 is 2.19 bits per heavy atom. The van der Waals surface area contributed by atoms with E-state index in [9.17, 15) is 9.59 Å². The molecule has 1 aromatic carbocycles. The smallest absolute Gasteiger partial charge is 0.274 e. The second-order valence-electron chi connectivity index (χ2n) is 5.01. The van der Waals surface area contributed by atoms with Gasteiger partial charge in [-0.05, 0) is 49.2 Å². The number of nitrogens with zero attached hydrogens (tertiary/aromatic N) is 1. The van der Waals surface area contributed by atoms with Gasteiger partial charge in [0.1, 0.15) is 5.69 Å². The summed E-state index contributed by atoms with van der Waals surface area (Å²) in [4.78, 5) is 27.6. The van der Waals surface area contributed by atoms with Crippen LogP contribution in [-0.4, -0.2) is 16.8 Å². The van der Waals surface area contributed by atoms with Crippen molar-refractivity contribution >= 4 is 23.2 Å². The van der Waals surface area contributed by atoms with Crippen molar-refractivity contribution in [3.63, 3.8) is 0 Å². The number of anilines is 2. The van der Waals surface area contributed by atoms with Crippen molar-refractivity contribution in [3.8, 4) is 0 Å². The summed E-state index contributed by atoms with van der Waals surface area (Å²) < 4.78 is 0. The molecule has 106 valence electrons. The predicted octanol–water partition coefficient (Wildman–Crippen LogP) is 2.68. The van der Waals surface area contributed by atoms with E-state index >= 15 is 0 Å². The number of hydrogen-bond donors (Lipinski definition) is 2. The lowest BCUT2D eigenvalue weighted by molar-refractivity contribution is -0.117. The Kier molecular flexibility index (Phi) is 3.64. The average Bonchev–Trinajstić information content (AvgIpc) is 3.35. The summed E-state index contributed by atoms with van der Waals surface area (Å²) in [7, 11) is 0. The Labute approximate surface area is 122 Å². The Morgan fingerprint density at radius 1 is 0.952 bits per heavy atom. The first kappa shape index (κ1) is 13.3. The first-order valence-electron chi connectivity index (χ1n) is 6.86. The van der Waals surface area contributed by atoms with Gasteiger partial charge >= 0.3 is 0 Å². The maximum absolute atomic E-state index is 11.9. The van der Waals surface area contributed by atoms with E-state index in [0.29, 0.717) is 11.4 Å². The minimum atomic E-state index is -0.259. The van der Waals surface area contributed by atoms with Gasteiger partial charge in [-0.3, -0.25) is 14.6 Å². The molecule has 0 radical (unpaired) electrons. The summed E-state index contributed by atoms with van der Waals surface area (Å²) in [5.74, 6) is -0.0147. The fourth-order valence-corrected chi connectivity index (χ4v) is 1.92. The largest absolute Gasteiger partial charge is 0.326 e. The zero-order chi connectivity index (χ0) is 14.7. The van der Waals surface area contributed by atoms with Crippen LogP contribution in [0, 0.1) is 5.92 Å². The third kappa shape index (κ3) is 3.45.